The highest BCUT2D eigenvalue weighted by Crippen LogP contribution is 2.06. The van der Waals surface area contributed by atoms with Gasteiger partial charge in [0.15, 0.2) is 5.78 Å². The van der Waals surface area contributed by atoms with Gasteiger partial charge in [0, 0.05) is 25.0 Å². The molecule has 5 heteroatoms. The number of hydrogen-bond acceptors (Lipinski definition) is 4. The van der Waals surface area contributed by atoms with Gasteiger partial charge < -0.3 is 0 Å². The van der Waals surface area contributed by atoms with Gasteiger partial charge in [0.2, 0.25) is 0 Å². The van der Waals surface area contributed by atoms with Crippen LogP contribution in [0.5, 0.6) is 0 Å². The van der Waals surface area contributed by atoms with E-state index in [0.29, 0.717) is 11.1 Å². The number of hydrogen-bond donors (Lipinski definition) is 0. The van der Waals surface area contributed by atoms with E-state index in [1.807, 2.05) is 0 Å². The largest absolute Gasteiger partial charge is 0.294 e. The number of carbonyl (C=O) groups excluding carboxylic acids is 2. The highest BCUT2D eigenvalue weighted by Gasteiger charge is 2.12. The van der Waals surface area contributed by atoms with Crippen molar-refractivity contribution in [3.05, 3.63) is 29.6 Å². The molecule has 1 aromatic rings. The molecular weight excluding hydrogens is 196 g/mol. The second-order valence-corrected chi connectivity index (χ2v) is 3.00. The Hall–Kier alpha value is -1.75. The molecule has 0 saturated heterocycles. The number of Topliss-reactive ketones (excluding diaryl/α,β-unsaturated/α-hetero) is 1. The lowest BCUT2D eigenvalue weighted by atomic mass is 10.1. The van der Waals surface area contributed by atoms with E-state index < -0.39 is 0 Å². The summed E-state index contributed by atoms with van der Waals surface area (Å²) < 4.78 is 0. The summed E-state index contributed by atoms with van der Waals surface area (Å²) in [5, 5.41) is 1.07. The van der Waals surface area contributed by atoms with Gasteiger partial charge in [-0.1, -0.05) is 0 Å². The fraction of sp³-hybridized carbons (Fsp3) is 0.300. The Labute approximate surface area is 87.6 Å². The molecule has 0 atom stereocenters. The van der Waals surface area contributed by atoms with Crippen molar-refractivity contribution >= 4 is 11.7 Å². The molecule has 0 aromatic carbocycles. The molecule has 0 saturated carbocycles. The van der Waals surface area contributed by atoms with Gasteiger partial charge in [-0.15, -0.1) is 0 Å². The van der Waals surface area contributed by atoms with Gasteiger partial charge in [-0.3, -0.25) is 19.4 Å². The molecule has 0 aliphatic heterocycles. The summed E-state index contributed by atoms with van der Waals surface area (Å²) in [5.41, 5.74) is 0.734. The van der Waals surface area contributed by atoms with Crippen molar-refractivity contribution in [2.45, 2.75) is 6.92 Å². The number of hydroxylamine groups is 2. The standard InChI is InChI=1S/C10H12N2O3/c1-7(13)8-4-9(6-11-5-8)10(14)12(2)15-3/h4-6H,1-3H3. The lowest BCUT2D eigenvalue weighted by Crippen LogP contribution is -2.25. The molecule has 0 aliphatic rings. The fourth-order valence-corrected chi connectivity index (χ4v) is 1.01. The molecule has 1 rings (SSSR count). The summed E-state index contributed by atoms with van der Waals surface area (Å²) in [4.78, 5) is 31.2. The topological polar surface area (TPSA) is 59.5 Å². The van der Waals surface area contributed by atoms with Gasteiger partial charge in [-0.25, -0.2) is 5.06 Å². The molecule has 0 unspecified atom stereocenters. The van der Waals surface area contributed by atoms with Crippen molar-refractivity contribution in [2.24, 2.45) is 0 Å². The maximum atomic E-state index is 11.6. The molecule has 5 nitrogen and oxygen atoms in total. The molecule has 15 heavy (non-hydrogen) atoms. The minimum absolute atomic E-state index is 0.128. The number of rotatable bonds is 3. The van der Waals surface area contributed by atoms with Crippen LogP contribution in [0, 0.1) is 0 Å². The van der Waals surface area contributed by atoms with E-state index in [2.05, 4.69) is 4.98 Å². The molecule has 80 valence electrons. The van der Waals surface area contributed by atoms with Gasteiger partial charge in [-0.2, -0.15) is 0 Å². The van der Waals surface area contributed by atoms with Gasteiger partial charge >= 0.3 is 0 Å². The van der Waals surface area contributed by atoms with Crippen LogP contribution in [0.2, 0.25) is 0 Å². The van der Waals surface area contributed by atoms with Crippen LogP contribution in [0.3, 0.4) is 0 Å². The third-order valence-electron chi connectivity index (χ3n) is 1.95. The molecule has 0 spiro atoms. The molecule has 0 N–H and O–H groups in total. The first kappa shape index (κ1) is 11.3. The summed E-state index contributed by atoms with van der Waals surface area (Å²) >= 11 is 0. The Morgan fingerprint density at radius 2 is 1.93 bits per heavy atom. The van der Waals surface area contributed by atoms with Gasteiger partial charge in [0.1, 0.15) is 0 Å². The molecule has 1 amide bonds. The van der Waals surface area contributed by atoms with E-state index in [1.165, 1.54) is 39.5 Å². The van der Waals surface area contributed by atoms with E-state index in [0.717, 1.165) is 5.06 Å². The quantitative estimate of drug-likeness (QED) is 0.547. The summed E-state index contributed by atoms with van der Waals surface area (Å²) in [6, 6.07) is 1.49. The third-order valence-corrected chi connectivity index (χ3v) is 1.95. The Morgan fingerprint density at radius 3 is 2.47 bits per heavy atom. The third kappa shape index (κ3) is 2.60. The van der Waals surface area contributed by atoms with Crippen molar-refractivity contribution < 1.29 is 14.4 Å². The summed E-state index contributed by atoms with van der Waals surface area (Å²) in [5.74, 6) is -0.467. The number of ketones is 1. The molecule has 1 heterocycles. The monoisotopic (exact) mass is 208 g/mol. The Kier molecular flexibility index (Phi) is 3.51. The first-order chi connectivity index (χ1) is 7.06. The SMILES string of the molecule is CON(C)C(=O)c1cncc(C(C)=O)c1. The van der Waals surface area contributed by atoms with Gasteiger partial charge in [-0.05, 0) is 13.0 Å². The minimum Gasteiger partial charge on any atom is -0.294 e. The molecule has 1 aromatic heterocycles. The van der Waals surface area contributed by atoms with E-state index in [9.17, 15) is 9.59 Å². The van der Waals surface area contributed by atoms with Crippen molar-refractivity contribution in [2.75, 3.05) is 14.2 Å². The highest BCUT2D eigenvalue weighted by molar-refractivity contribution is 5.98. The van der Waals surface area contributed by atoms with Crippen LogP contribution in [-0.2, 0) is 4.84 Å². The van der Waals surface area contributed by atoms with Crippen LogP contribution >= 0.6 is 0 Å². The van der Waals surface area contributed by atoms with Crippen LogP contribution in [-0.4, -0.2) is 35.9 Å². The number of nitrogens with zero attached hydrogens (tertiary/aromatic N) is 2. The second-order valence-electron chi connectivity index (χ2n) is 3.00. The number of aromatic nitrogens is 1. The second kappa shape index (κ2) is 4.65. The normalized spacial score (nSPS) is 9.80. The lowest BCUT2D eigenvalue weighted by molar-refractivity contribution is -0.0757. The summed E-state index contributed by atoms with van der Waals surface area (Å²) in [6.45, 7) is 1.42. The Balaban J connectivity index is 3.00. The van der Waals surface area contributed by atoms with Crippen molar-refractivity contribution in [1.29, 1.82) is 0 Å². The number of pyridine rings is 1. The maximum Gasteiger partial charge on any atom is 0.278 e. The van der Waals surface area contributed by atoms with E-state index in [-0.39, 0.29) is 11.7 Å². The molecular formula is C10H12N2O3. The minimum atomic E-state index is -0.340. The Morgan fingerprint density at radius 1 is 1.33 bits per heavy atom. The molecule has 0 bridgehead atoms. The van der Waals surface area contributed by atoms with Crippen LogP contribution in [0.25, 0.3) is 0 Å². The van der Waals surface area contributed by atoms with Crippen LogP contribution in [0.1, 0.15) is 27.6 Å². The summed E-state index contributed by atoms with van der Waals surface area (Å²) in [7, 11) is 2.88. The van der Waals surface area contributed by atoms with Gasteiger partial charge in [0.05, 0.1) is 12.7 Å². The predicted molar refractivity (Wildman–Crippen MR) is 53.3 cm³/mol. The predicted octanol–water partition coefficient (Wildman–Crippen LogP) is 0.918. The average molecular weight is 208 g/mol. The zero-order chi connectivity index (χ0) is 11.4. The summed E-state index contributed by atoms with van der Waals surface area (Å²) in [6.07, 6.45) is 2.82. The zero-order valence-electron chi connectivity index (χ0n) is 8.85. The first-order valence-electron chi connectivity index (χ1n) is 4.34. The van der Waals surface area contributed by atoms with E-state index in [4.69, 9.17) is 4.84 Å². The van der Waals surface area contributed by atoms with Crippen molar-refractivity contribution in [1.82, 2.24) is 10.0 Å². The average Bonchev–Trinajstić information content (AvgIpc) is 2.27. The van der Waals surface area contributed by atoms with Crippen molar-refractivity contribution in [3.63, 3.8) is 0 Å². The smallest absolute Gasteiger partial charge is 0.278 e. The number of amides is 1. The maximum absolute atomic E-state index is 11.6. The Bertz CT molecular complexity index is 390. The molecule has 0 fully saturated rings. The van der Waals surface area contributed by atoms with Crippen LogP contribution in [0.4, 0.5) is 0 Å². The fourth-order valence-electron chi connectivity index (χ4n) is 1.01. The van der Waals surface area contributed by atoms with E-state index >= 15 is 0 Å². The first-order valence-corrected chi connectivity index (χ1v) is 4.34. The van der Waals surface area contributed by atoms with Crippen LogP contribution in [0.15, 0.2) is 18.5 Å². The molecule has 0 aliphatic carbocycles. The zero-order valence-corrected chi connectivity index (χ0v) is 8.85. The lowest BCUT2D eigenvalue weighted by Gasteiger charge is -2.13. The van der Waals surface area contributed by atoms with Crippen molar-refractivity contribution in [3.8, 4) is 0 Å². The molecule has 0 radical (unpaired) electrons. The number of carbonyl (C=O) groups is 2. The van der Waals surface area contributed by atoms with Crippen LogP contribution < -0.4 is 0 Å². The van der Waals surface area contributed by atoms with E-state index in [1.54, 1.807) is 0 Å². The highest BCUT2D eigenvalue weighted by atomic mass is 16.7. The van der Waals surface area contributed by atoms with Gasteiger partial charge in [0.25, 0.3) is 5.91 Å².